The molecule has 78 heavy (non-hydrogen) atoms. The van der Waals surface area contributed by atoms with E-state index in [4.69, 9.17) is 52.4 Å². The number of nitrogen functional groups attached to an aromatic ring is 1. The summed E-state index contributed by atoms with van der Waals surface area (Å²) in [5.74, 6) is 6.15. The van der Waals surface area contributed by atoms with Crippen LogP contribution in [0.1, 0.15) is 104 Å². The number of aliphatic hydroxyl groups excluding tert-OH is 1. The van der Waals surface area contributed by atoms with Crippen molar-refractivity contribution in [1.29, 1.82) is 0 Å². The number of carbonyl (C=O) groups excluding carboxylic acids is 4. The number of hydrazine groups is 2. The number of amides is 2. The second kappa shape index (κ2) is 34.2. The fraction of sp³-hybridized carbons (Fsp3) is 0.322. The minimum Gasteiger partial charge on any atom is -0.489 e. The Balaban J connectivity index is 0.000000395. The summed E-state index contributed by atoms with van der Waals surface area (Å²) < 4.78 is 53.4. The molecule has 0 spiro atoms. The molecule has 0 saturated carbocycles. The topological polar surface area (TPSA) is 188 Å². The Labute approximate surface area is 469 Å². The molecule has 0 aliphatic carbocycles. The van der Waals surface area contributed by atoms with Crippen LogP contribution in [0, 0.1) is 11.6 Å². The number of halogens is 4. The van der Waals surface area contributed by atoms with Crippen molar-refractivity contribution in [1.82, 2.24) is 15.9 Å². The molecule has 0 aliphatic rings. The highest BCUT2D eigenvalue weighted by Crippen LogP contribution is 2.36. The Bertz CT molecular complexity index is 2750. The molecule has 422 valence electrons. The van der Waals surface area contributed by atoms with Gasteiger partial charge in [0.1, 0.15) is 60.4 Å². The predicted octanol–water partition coefficient (Wildman–Crippen LogP) is 12.8. The SMILES string of the molecule is C.CC(C)(C)[Si](C)(C)OCC=O.CC(C)Oc1ccc(C(=O)NN(CCO)Cc2ccc(OCc3ccc(F)cc3)cc2)cc1Cl.CC(C)Oc1ccc(C(=O)NN)cc1Cl.O=Cc1ccc(OCc2ccc(F)cc2)cc1. The van der Waals surface area contributed by atoms with Gasteiger partial charge >= 0.3 is 0 Å². The summed E-state index contributed by atoms with van der Waals surface area (Å²) in [6.07, 6.45) is 1.61. The monoisotopic (exact) mass is 1130 g/mol. The molecule has 0 bridgehead atoms. The van der Waals surface area contributed by atoms with Crippen LogP contribution in [0.3, 0.4) is 0 Å². The van der Waals surface area contributed by atoms with Gasteiger partial charge in [-0.1, -0.05) is 87.8 Å². The van der Waals surface area contributed by atoms with Gasteiger partial charge < -0.3 is 33.3 Å². The van der Waals surface area contributed by atoms with E-state index in [9.17, 15) is 33.1 Å². The van der Waals surface area contributed by atoms with E-state index in [2.05, 4.69) is 39.3 Å². The van der Waals surface area contributed by atoms with Crippen LogP contribution in [0.4, 0.5) is 8.78 Å². The number of aliphatic hydroxyl groups is 1. The zero-order chi connectivity index (χ0) is 57.1. The molecule has 0 aliphatic heterocycles. The van der Waals surface area contributed by atoms with Gasteiger partial charge in [-0.15, -0.1) is 0 Å². The minimum atomic E-state index is -1.66. The molecule has 0 fully saturated rings. The number of hydrogen-bond acceptors (Lipinski definition) is 12. The number of hydrogen-bond donors (Lipinski definition) is 4. The lowest BCUT2D eigenvalue weighted by Crippen LogP contribution is -2.43. The molecule has 0 unspecified atom stereocenters. The van der Waals surface area contributed by atoms with Crippen molar-refractivity contribution in [3.8, 4) is 23.0 Å². The zero-order valence-corrected chi connectivity index (χ0v) is 47.4. The average molecular weight is 1140 g/mol. The van der Waals surface area contributed by atoms with E-state index in [1.807, 2.05) is 57.4 Å². The van der Waals surface area contributed by atoms with Gasteiger partial charge in [0.25, 0.3) is 11.8 Å². The molecular weight excluding hydrogens is 1060 g/mol. The lowest BCUT2D eigenvalue weighted by molar-refractivity contribution is -0.109. The van der Waals surface area contributed by atoms with Gasteiger partial charge in [0.2, 0.25) is 0 Å². The second-order valence-electron chi connectivity index (χ2n) is 19.1. The molecule has 0 saturated heterocycles. The van der Waals surface area contributed by atoms with E-state index in [0.717, 1.165) is 29.3 Å². The summed E-state index contributed by atoms with van der Waals surface area (Å²) in [5, 5.41) is 12.0. The van der Waals surface area contributed by atoms with Crippen molar-refractivity contribution in [2.75, 3.05) is 19.8 Å². The number of nitrogens with one attached hydrogen (secondary N) is 2. The van der Waals surface area contributed by atoms with Crippen LogP contribution in [0.15, 0.2) is 133 Å². The van der Waals surface area contributed by atoms with Gasteiger partial charge in [-0.3, -0.25) is 25.2 Å². The van der Waals surface area contributed by atoms with Crippen LogP contribution in [-0.2, 0) is 29.0 Å². The highest BCUT2D eigenvalue weighted by atomic mass is 35.5. The first-order valence-corrected chi connectivity index (χ1v) is 28.2. The number of aldehydes is 2. The van der Waals surface area contributed by atoms with E-state index < -0.39 is 8.32 Å². The Morgan fingerprint density at radius 1 is 0.679 bits per heavy atom. The predicted molar refractivity (Wildman–Crippen MR) is 307 cm³/mol. The van der Waals surface area contributed by atoms with Gasteiger partial charge in [-0.05, 0) is 160 Å². The van der Waals surface area contributed by atoms with Crippen molar-refractivity contribution < 1.29 is 56.4 Å². The summed E-state index contributed by atoms with van der Waals surface area (Å²) in [6, 6.07) is 36.2. The maximum atomic E-state index is 13.0. The van der Waals surface area contributed by atoms with Gasteiger partial charge in [0.05, 0.1) is 35.5 Å². The van der Waals surface area contributed by atoms with Crippen LogP contribution in [-0.4, -0.2) is 74.8 Å². The fourth-order valence-corrected chi connectivity index (χ4v) is 7.45. The third kappa shape index (κ3) is 24.7. The van der Waals surface area contributed by atoms with Gasteiger partial charge in [0.15, 0.2) is 8.32 Å². The number of carbonyl (C=O) groups is 4. The number of rotatable bonds is 21. The van der Waals surface area contributed by atoms with Crippen LogP contribution in [0.25, 0.3) is 0 Å². The molecule has 6 aromatic carbocycles. The summed E-state index contributed by atoms with van der Waals surface area (Å²) in [5.41, 5.74) is 8.91. The van der Waals surface area contributed by atoms with Crippen LogP contribution < -0.4 is 35.6 Å². The normalized spacial score (nSPS) is 10.8. The average Bonchev–Trinajstić information content (AvgIpc) is 3.39. The molecule has 19 heteroatoms. The van der Waals surface area contributed by atoms with E-state index in [0.29, 0.717) is 69.5 Å². The van der Waals surface area contributed by atoms with Gasteiger partial charge in [-0.2, -0.15) is 0 Å². The highest BCUT2D eigenvalue weighted by Gasteiger charge is 2.36. The first kappa shape index (κ1) is 67.4. The van der Waals surface area contributed by atoms with E-state index in [-0.39, 0.29) is 67.9 Å². The molecule has 0 radical (unpaired) electrons. The lowest BCUT2D eigenvalue weighted by atomic mass is 10.2. The third-order valence-electron chi connectivity index (χ3n) is 11.1. The first-order valence-electron chi connectivity index (χ1n) is 24.5. The van der Waals surface area contributed by atoms with Gasteiger partial charge in [-0.25, -0.2) is 19.6 Å². The number of nitrogens with two attached hydrogens (primary N) is 1. The molecule has 0 aromatic heterocycles. The van der Waals surface area contributed by atoms with Crippen LogP contribution in [0.5, 0.6) is 23.0 Å². The largest absolute Gasteiger partial charge is 0.489 e. The fourth-order valence-electron chi connectivity index (χ4n) is 6.08. The van der Waals surface area contributed by atoms with Crippen LogP contribution >= 0.6 is 23.2 Å². The third-order valence-corrected chi connectivity index (χ3v) is 16.2. The molecule has 0 atom stereocenters. The Hall–Kier alpha value is -6.70. The summed E-state index contributed by atoms with van der Waals surface area (Å²) >= 11 is 12.2. The molecule has 2 amide bonds. The Kier molecular flexibility index (Phi) is 29.6. The maximum Gasteiger partial charge on any atom is 0.265 e. The molecule has 0 heterocycles. The molecule has 14 nitrogen and oxygen atoms in total. The summed E-state index contributed by atoms with van der Waals surface area (Å²) in [4.78, 5) is 44.4. The van der Waals surface area contributed by atoms with Crippen molar-refractivity contribution in [2.24, 2.45) is 5.84 Å². The quantitative estimate of drug-likeness (QED) is 0.0176. The van der Waals surface area contributed by atoms with E-state index >= 15 is 0 Å². The highest BCUT2D eigenvalue weighted by molar-refractivity contribution is 6.74. The molecule has 5 N–H and O–H groups in total. The summed E-state index contributed by atoms with van der Waals surface area (Å²) in [6.45, 7) is 19.8. The van der Waals surface area contributed by atoms with E-state index in [1.165, 1.54) is 30.3 Å². The first-order chi connectivity index (χ1) is 36.5. The molecule has 6 rings (SSSR count). The smallest absolute Gasteiger partial charge is 0.265 e. The maximum absolute atomic E-state index is 13.0. The standard InChI is InChI=1S/C26H28ClFN2O4.C14H11FO2.C10H13ClN2O2.C8H18O2Si.CH4/c1-18(2)34-25-12-7-21(15-24(25)27)26(32)29-30(13-14-31)16-19-5-10-23(11-6-19)33-17-20-3-8-22(28)9-4-20;15-13-5-1-12(2-6-13)10-17-14-7-3-11(9-16)4-8-14;1-6(2)15-9-4-3-7(5-8(9)11)10(14)13-12;1-8(2,3)11(4,5)10-7-6-9;/h3-12,15,18,31H,13-14,16-17H2,1-2H3,(H,29,32);1-9H,10H2;3-6H,12H2,1-2H3,(H,13,14);6H,7H2,1-5H3;1H4. The number of nitrogens with zero attached hydrogens (tertiary/aromatic N) is 1. The number of benzene rings is 6. The lowest BCUT2D eigenvalue weighted by Gasteiger charge is -2.35. The Morgan fingerprint density at radius 2 is 1.10 bits per heavy atom. The molecular formula is C59H74Cl2F2N4O10Si. The second-order valence-corrected chi connectivity index (χ2v) is 24.7. The zero-order valence-electron chi connectivity index (χ0n) is 44.9. The van der Waals surface area contributed by atoms with Crippen molar-refractivity contribution in [3.05, 3.63) is 189 Å². The molecule has 6 aromatic rings. The van der Waals surface area contributed by atoms with Crippen LogP contribution in [0.2, 0.25) is 28.2 Å². The van der Waals surface area contributed by atoms with Crippen molar-refractivity contribution in [2.45, 2.75) is 106 Å². The minimum absolute atomic E-state index is 0. The Morgan fingerprint density at radius 3 is 1.47 bits per heavy atom. The summed E-state index contributed by atoms with van der Waals surface area (Å²) in [7, 11) is -1.66. The van der Waals surface area contributed by atoms with Crippen molar-refractivity contribution >= 4 is 55.9 Å². The van der Waals surface area contributed by atoms with E-state index in [1.54, 1.807) is 83.9 Å². The number of ether oxygens (including phenoxy) is 4. The van der Waals surface area contributed by atoms with Gasteiger partial charge in [0, 0.05) is 29.8 Å². The van der Waals surface area contributed by atoms with Crippen molar-refractivity contribution in [3.63, 3.8) is 0 Å².